The molecule has 1 heterocycles. The zero-order valence-electron chi connectivity index (χ0n) is 10.3. The summed E-state index contributed by atoms with van der Waals surface area (Å²) in [5, 5.41) is 9.80. The molecule has 1 fully saturated rings. The van der Waals surface area contributed by atoms with Gasteiger partial charge in [0, 0.05) is 11.4 Å². The fourth-order valence-corrected chi connectivity index (χ4v) is 3.25. The molecule has 1 aliphatic heterocycles. The van der Waals surface area contributed by atoms with E-state index in [1.807, 2.05) is 30.3 Å². The van der Waals surface area contributed by atoms with E-state index < -0.39 is 6.10 Å². The van der Waals surface area contributed by atoms with Crippen molar-refractivity contribution in [1.82, 2.24) is 4.90 Å². The smallest absolute Gasteiger partial charge is 0.410 e. The molecule has 1 aromatic rings. The standard InChI is InChI=1S/C13H17NO3S/c1-17-13(16)14-9-5-8-11(15)12(14)18-10-6-3-2-4-7-10/h2-4,6-7,11-12,15H,5,8-9H2,1H3. The molecule has 98 valence electrons. The van der Waals surface area contributed by atoms with E-state index in [-0.39, 0.29) is 11.5 Å². The van der Waals surface area contributed by atoms with Crippen LogP contribution in [0.5, 0.6) is 0 Å². The van der Waals surface area contributed by atoms with Crippen LogP contribution in [0.4, 0.5) is 4.79 Å². The average molecular weight is 267 g/mol. The lowest BCUT2D eigenvalue weighted by atomic mass is 10.1. The number of thioether (sulfide) groups is 1. The zero-order chi connectivity index (χ0) is 13.0. The average Bonchev–Trinajstić information content (AvgIpc) is 2.41. The highest BCUT2D eigenvalue weighted by Gasteiger charge is 2.34. The number of benzene rings is 1. The first-order chi connectivity index (χ1) is 8.72. The van der Waals surface area contributed by atoms with Crippen molar-refractivity contribution < 1.29 is 14.6 Å². The topological polar surface area (TPSA) is 49.8 Å². The number of piperidine rings is 1. The van der Waals surface area contributed by atoms with Gasteiger partial charge in [-0.2, -0.15) is 0 Å². The van der Waals surface area contributed by atoms with Crippen LogP contribution in [0.3, 0.4) is 0 Å². The van der Waals surface area contributed by atoms with Gasteiger partial charge in [0.05, 0.1) is 13.2 Å². The number of likely N-dealkylation sites (tertiary alicyclic amines) is 1. The van der Waals surface area contributed by atoms with Crippen molar-refractivity contribution in [2.45, 2.75) is 29.2 Å². The first-order valence-electron chi connectivity index (χ1n) is 5.96. The molecule has 18 heavy (non-hydrogen) atoms. The molecule has 2 unspecified atom stereocenters. The molecule has 1 amide bonds. The lowest BCUT2D eigenvalue weighted by molar-refractivity contribution is 0.0448. The third-order valence-electron chi connectivity index (χ3n) is 2.94. The van der Waals surface area contributed by atoms with E-state index in [4.69, 9.17) is 4.74 Å². The van der Waals surface area contributed by atoms with Crippen molar-refractivity contribution in [2.24, 2.45) is 0 Å². The van der Waals surface area contributed by atoms with Crippen molar-refractivity contribution in [3.63, 3.8) is 0 Å². The summed E-state index contributed by atoms with van der Waals surface area (Å²) in [5.74, 6) is 0. The van der Waals surface area contributed by atoms with E-state index in [2.05, 4.69) is 0 Å². The molecule has 2 atom stereocenters. The van der Waals surface area contributed by atoms with Gasteiger partial charge in [0.25, 0.3) is 0 Å². The monoisotopic (exact) mass is 267 g/mol. The van der Waals surface area contributed by atoms with Gasteiger partial charge in [-0.15, -0.1) is 0 Å². The van der Waals surface area contributed by atoms with E-state index in [1.54, 1.807) is 4.90 Å². The second-order valence-electron chi connectivity index (χ2n) is 4.19. The maximum atomic E-state index is 11.7. The Morgan fingerprint density at radius 2 is 2.17 bits per heavy atom. The van der Waals surface area contributed by atoms with Gasteiger partial charge in [0.2, 0.25) is 0 Å². The molecule has 1 saturated heterocycles. The van der Waals surface area contributed by atoms with Gasteiger partial charge < -0.3 is 9.84 Å². The van der Waals surface area contributed by atoms with Gasteiger partial charge >= 0.3 is 6.09 Å². The third kappa shape index (κ3) is 2.97. The minimum atomic E-state index is -0.511. The SMILES string of the molecule is COC(=O)N1CCCC(O)C1Sc1ccccc1. The van der Waals surface area contributed by atoms with Gasteiger partial charge in [0.1, 0.15) is 5.37 Å². The summed E-state index contributed by atoms with van der Waals surface area (Å²) in [6, 6.07) is 9.78. The van der Waals surface area contributed by atoms with Gasteiger partial charge in [-0.3, -0.25) is 4.90 Å². The molecule has 1 aromatic carbocycles. The number of hydrogen-bond acceptors (Lipinski definition) is 4. The number of ether oxygens (including phenoxy) is 1. The highest BCUT2D eigenvalue weighted by atomic mass is 32.2. The van der Waals surface area contributed by atoms with Crippen molar-refractivity contribution in [3.05, 3.63) is 30.3 Å². The zero-order valence-corrected chi connectivity index (χ0v) is 11.1. The molecule has 0 radical (unpaired) electrons. The van der Waals surface area contributed by atoms with E-state index in [1.165, 1.54) is 18.9 Å². The van der Waals surface area contributed by atoms with Gasteiger partial charge in [-0.25, -0.2) is 4.79 Å². The van der Waals surface area contributed by atoms with Gasteiger partial charge in [-0.1, -0.05) is 30.0 Å². The number of rotatable bonds is 2. The second kappa shape index (κ2) is 6.11. The lowest BCUT2D eigenvalue weighted by Crippen LogP contribution is -2.49. The summed E-state index contributed by atoms with van der Waals surface area (Å²) in [6.45, 7) is 0.633. The third-order valence-corrected chi connectivity index (χ3v) is 4.30. The first kappa shape index (κ1) is 13.2. The van der Waals surface area contributed by atoms with Crippen LogP contribution in [0.2, 0.25) is 0 Å². The normalized spacial score (nSPS) is 23.8. The van der Waals surface area contributed by atoms with E-state index in [9.17, 15) is 9.90 Å². The molecule has 0 aromatic heterocycles. The predicted octanol–water partition coefficient (Wildman–Crippen LogP) is 2.33. The van der Waals surface area contributed by atoms with Crippen LogP contribution in [0.15, 0.2) is 35.2 Å². The van der Waals surface area contributed by atoms with Crippen LogP contribution in [0, 0.1) is 0 Å². The number of hydrogen-bond donors (Lipinski definition) is 1. The Morgan fingerprint density at radius 1 is 1.44 bits per heavy atom. The maximum Gasteiger partial charge on any atom is 0.410 e. The molecule has 1 N–H and O–H groups in total. The molecule has 1 aliphatic rings. The minimum Gasteiger partial charge on any atom is -0.453 e. The Hall–Kier alpha value is -1.20. The van der Waals surface area contributed by atoms with Gasteiger partial charge in [-0.05, 0) is 25.0 Å². The largest absolute Gasteiger partial charge is 0.453 e. The Balaban J connectivity index is 2.12. The summed E-state index contributed by atoms with van der Waals surface area (Å²) in [5.41, 5.74) is 0. The van der Waals surface area contributed by atoms with Crippen LogP contribution in [0.1, 0.15) is 12.8 Å². The van der Waals surface area contributed by atoms with Crippen LogP contribution in [-0.4, -0.2) is 41.2 Å². The quantitative estimate of drug-likeness (QED) is 0.893. The first-order valence-corrected chi connectivity index (χ1v) is 6.84. The number of methoxy groups -OCH3 is 1. The Kier molecular flexibility index (Phi) is 4.49. The van der Waals surface area contributed by atoms with Gasteiger partial charge in [0.15, 0.2) is 0 Å². The molecule has 2 rings (SSSR count). The molecular formula is C13H17NO3S. The Bertz CT molecular complexity index is 398. The highest BCUT2D eigenvalue weighted by molar-refractivity contribution is 8.00. The summed E-state index contributed by atoms with van der Waals surface area (Å²) >= 11 is 1.50. The number of amides is 1. The molecule has 0 spiro atoms. The van der Waals surface area contributed by atoms with Crippen LogP contribution >= 0.6 is 11.8 Å². The fraction of sp³-hybridized carbons (Fsp3) is 0.462. The number of carbonyl (C=O) groups is 1. The molecular weight excluding hydrogens is 250 g/mol. The predicted molar refractivity (Wildman–Crippen MR) is 70.4 cm³/mol. The fourth-order valence-electron chi connectivity index (χ4n) is 2.04. The summed E-state index contributed by atoms with van der Waals surface area (Å²) in [7, 11) is 1.37. The minimum absolute atomic E-state index is 0.270. The molecule has 0 saturated carbocycles. The number of aliphatic hydroxyl groups is 1. The number of nitrogens with zero attached hydrogens (tertiary/aromatic N) is 1. The molecule has 0 bridgehead atoms. The van der Waals surface area contributed by atoms with E-state index >= 15 is 0 Å². The maximum absolute atomic E-state index is 11.7. The van der Waals surface area contributed by atoms with Crippen LogP contribution in [-0.2, 0) is 4.74 Å². The molecule has 0 aliphatic carbocycles. The lowest BCUT2D eigenvalue weighted by Gasteiger charge is -2.37. The van der Waals surface area contributed by atoms with E-state index in [0.29, 0.717) is 6.54 Å². The number of carbonyl (C=O) groups excluding carboxylic acids is 1. The van der Waals surface area contributed by atoms with Crippen LogP contribution < -0.4 is 0 Å². The van der Waals surface area contributed by atoms with Crippen molar-refractivity contribution >= 4 is 17.9 Å². The van der Waals surface area contributed by atoms with E-state index in [0.717, 1.165) is 17.7 Å². The summed E-state index contributed by atoms with van der Waals surface area (Å²) in [4.78, 5) is 14.3. The second-order valence-corrected chi connectivity index (χ2v) is 5.38. The summed E-state index contributed by atoms with van der Waals surface area (Å²) in [6.07, 6.45) is 0.644. The van der Waals surface area contributed by atoms with Crippen LogP contribution in [0.25, 0.3) is 0 Å². The molecule has 5 heteroatoms. The highest BCUT2D eigenvalue weighted by Crippen LogP contribution is 2.32. The molecule has 4 nitrogen and oxygen atoms in total. The summed E-state index contributed by atoms with van der Waals surface area (Å²) < 4.78 is 4.77. The van der Waals surface area contributed by atoms with Crippen molar-refractivity contribution in [1.29, 1.82) is 0 Å². The van der Waals surface area contributed by atoms with Crippen molar-refractivity contribution in [2.75, 3.05) is 13.7 Å². The Labute approximate surface area is 111 Å². The number of aliphatic hydroxyl groups excluding tert-OH is 1. The van der Waals surface area contributed by atoms with Crippen molar-refractivity contribution in [3.8, 4) is 0 Å². The Morgan fingerprint density at radius 3 is 2.83 bits per heavy atom.